The van der Waals surface area contributed by atoms with Crippen LogP contribution in [0.3, 0.4) is 0 Å². The van der Waals surface area contributed by atoms with Crippen LogP contribution >= 0.6 is 23.1 Å². The molecule has 5 heteroatoms. The molecular formula is C9H11N3S2. The molecule has 74 valence electrons. The molecule has 0 radical (unpaired) electrons. The van der Waals surface area contributed by atoms with Gasteiger partial charge in [-0.05, 0) is 19.2 Å². The minimum absolute atomic E-state index is 0.600. The summed E-state index contributed by atoms with van der Waals surface area (Å²) in [4.78, 5) is 10.9. The Morgan fingerprint density at radius 1 is 1.50 bits per heavy atom. The summed E-state index contributed by atoms with van der Waals surface area (Å²) < 4.78 is 0. The van der Waals surface area contributed by atoms with Crippen LogP contribution in [0.5, 0.6) is 0 Å². The van der Waals surface area contributed by atoms with Crippen molar-refractivity contribution in [3.8, 4) is 0 Å². The van der Waals surface area contributed by atoms with Gasteiger partial charge in [0.25, 0.3) is 0 Å². The van der Waals surface area contributed by atoms with E-state index in [0.717, 1.165) is 21.8 Å². The topological polar surface area (TPSA) is 51.8 Å². The standard InChI is InChI=1S/C9H11N3S2/c1-5-3-6-8(10)11-7(4-13-2)12-9(6)14-5/h3H,4H2,1-2H3,(H2,10,11,12). The van der Waals surface area contributed by atoms with Crippen LogP contribution in [0.25, 0.3) is 10.2 Å². The third kappa shape index (κ3) is 1.69. The predicted octanol–water partition coefficient (Wildman–Crippen LogP) is 2.44. The van der Waals surface area contributed by atoms with Gasteiger partial charge in [-0.2, -0.15) is 11.8 Å². The van der Waals surface area contributed by atoms with Gasteiger partial charge in [-0.3, -0.25) is 0 Å². The fraction of sp³-hybridized carbons (Fsp3) is 0.333. The maximum Gasteiger partial charge on any atom is 0.142 e. The molecule has 0 spiro atoms. The van der Waals surface area contributed by atoms with Crippen molar-refractivity contribution in [1.29, 1.82) is 0 Å². The average Bonchev–Trinajstić information content (AvgIpc) is 2.47. The summed E-state index contributed by atoms with van der Waals surface area (Å²) in [6.07, 6.45) is 2.03. The first kappa shape index (κ1) is 9.73. The Morgan fingerprint density at radius 2 is 2.29 bits per heavy atom. The van der Waals surface area contributed by atoms with Crippen molar-refractivity contribution < 1.29 is 0 Å². The molecule has 0 bridgehead atoms. The highest BCUT2D eigenvalue weighted by atomic mass is 32.2. The summed E-state index contributed by atoms with van der Waals surface area (Å²) in [5.41, 5.74) is 5.85. The van der Waals surface area contributed by atoms with Gasteiger partial charge in [0.15, 0.2) is 0 Å². The van der Waals surface area contributed by atoms with Gasteiger partial charge in [0.05, 0.1) is 11.1 Å². The number of rotatable bonds is 2. The largest absolute Gasteiger partial charge is 0.383 e. The third-order valence-corrected chi connectivity index (χ3v) is 3.36. The van der Waals surface area contributed by atoms with E-state index in [1.165, 1.54) is 4.88 Å². The van der Waals surface area contributed by atoms with Gasteiger partial charge in [0.1, 0.15) is 16.5 Å². The Hall–Kier alpha value is -0.810. The van der Waals surface area contributed by atoms with E-state index in [9.17, 15) is 0 Å². The van der Waals surface area contributed by atoms with Crippen molar-refractivity contribution in [3.05, 3.63) is 16.8 Å². The zero-order valence-electron chi connectivity index (χ0n) is 8.07. The van der Waals surface area contributed by atoms with Crippen LogP contribution in [0.4, 0.5) is 5.82 Å². The summed E-state index contributed by atoms with van der Waals surface area (Å²) in [5.74, 6) is 2.24. The monoisotopic (exact) mass is 225 g/mol. The van der Waals surface area contributed by atoms with Gasteiger partial charge < -0.3 is 5.73 Å². The molecule has 2 aromatic rings. The normalized spacial score (nSPS) is 11.0. The average molecular weight is 225 g/mol. The van der Waals surface area contributed by atoms with E-state index in [-0.39, 0.29) is 0 Å². The van der Waals surface area contributed by atoms with E-state index >= 15 is 0 Å². The third-order valence-electron chi connectivity index (χ3n) is 1.87. The van der Waals surface area contributed by atoms with Crippen LogP contribution < -0.4 is 5.73 Å². The number of anilines is 1. The van der Waals surface area contributed by atoms with E-state index in [0.29, 0.717) is 5.82 Å². The van der Waals surface area contributed by atoms with E-state index in [1.807, 2.05) is 12.3 Å². The molecule has 14 heavy (non-hydrogen) atoms. The van der Waals surface area contributed by atoms with Crippen molar-refractivity contribution >= 4 is 39.1 Å². The van der Waals surface area contributed by atoms with Gasteiger partial charge in [-0.25, -0.2) is 9.97 Å². The van der Waals surface area contributed by atoms with E-state index in [1.54, 1.807) is 23.1 Å². The maximum absolute atomic E-state index is 5.85. The molecule has 2 aromatic heterocycles. The molecule has 2 rings (SSSR count). The molecule has 0 saturated heterocycles. The summed E-state index contributed by atoms with van der Waals surface area (Å²) in [6, 6.07) is 2.04. The first-order valence-electron chi connectivity index (χ1n) is 4.22. The number of thiophene rings is 1. The number of nitrogens with zero attached hydrogens (tertiary/aromatic N) is 2. The summed E-state index contributed by atoms with van der Waals surface area (Å²) in [6.45, 7) is 2.06. The lowest BCUT2D eigenvalue weighted by Crippen LogP contribution is -1.97. The quantitative estimate of drug-likeness (QED) is 0.853. The minimum atomic E-state index is 0.600. The molecule has 2 heterocycles. The molecular weight excluding hydrogens is 214 g/mol. The fourth-order valence-electron chi connectivity index (χ4n) is 1.30. The second kappa shape index (κ2) is 3.74. The van der Waals surface area contributed by atoms with Crippen LogP contribution in [-0.2, 0) is 5.75 Å². The highest BCUT2D eigenvalue weighted by Gasteiger charge is 2.07. The number of thioether (sulfide) groups is 1. The Balaban J connectivity index is 2.59. The lowest BCUT2D eigenvalue weighted by Gasteiger charge is -1.99. The predicted molar refractivity (Wildman–Crippen MR) is 63.8 cm³/mol. The zero-order valence-corrected chi connectivity index (χ0v) is 9.71. The van der Waals surface area contributed by atoms with Crippen LogP contribution in [0.2, 0.25) is 0 Å². The van der Waals surface area contributed by atoms with Crippen molar-refractivity contribution in [1.82, 2.24) is 9.97 Å². The maximum atomic E-state index is 5.85. The molecule has 0 atom stereocenters. The Morgan fingerprint density at radius 3 is 3.00 bits per heavy atom. The highest BCUT2D eigenvalue weighted by Crippen LogP contribution is 2.27. The number of aryl methyl sites for hydroxylation is 1. The Kier molecular flexibility index (Phi) is 2.60. The van der Waals surface area contributed by atoms with Gasteiger partial charge in [0, 0.05) is 4.88 Å². The lowest BCUT2D eigenvalue weighted by molar-refractivity contribution is 1.08. The first-order valence-corrected chi connectivity index (χ1v) is 6.43. The van der Waals surface area contributed by atoms with E-state index in [2.05, 4.69) is 16.9 Å². The molecule has 0 aromatic carbocycles. The number of hydrogen-bond donors (Lipinski definition) is 1. The molecule has 0 aliphatic heterocycles. The smallest absolute Gasteiger partial charge is 0.142 e. The fourth-order valence-corrected chi connectivity index (χ4v) is 2.60. The zero-order chi connectivity index (χ0) is 10.1. The second-order valence-corrected chi connectivity index (χ2v) is 5.13. The molecule has 0 aliphatic rings. The summed E-state index contributed by atoms with van der Waals surface area (Å²) >= 11 is 3.37. The van der Waals surface area contributed by atoms with Crippen LogP contribution in [0.1, 0.15) is 10.7 Å². The summed E-state index contributed by atoms with van der Waals surface area (Å²) in [5, 5.41) is 0.984. The Labute approximate surface area is 90.8 Å². The van der Waals surface area contributed by atoms with Crippen molar-refractivity contribution in [2.75, 3.05) is 12.0 Å². The van der Waals surface area contributed by atoms with Crippen LogP contribution in [0, 0.1) is 6.92 Å². The number of nitrogen functional groups attached to an aromatic ring is 1. The highest BCUT2D eigenvalue weighted by molar-refractivity contribution is 7.97. The van der Waals surface area contributed by atoms with Crippen molar-refractivity contribution in [2.45, 2.75) is 12.7 Å². The number of fused-ring (bicyclic) bond motifs is 1. The number of aromatic nitrogens is 2. The second-order valence-electron chi connectivity index (χ2n) is 3.03. The molecule has 0 aliphatic carbocycles. The molecule has 0 saturated carbocycles. The molecule has 2 N–H and O–H groups in total. The molecule has 3 nitrogen and oxygen atoms in total. The van der Waals surface area contributed by atoms with Gasteiger partial charge in [0.2, 0.25) is 0 Å². The van der Waals surface area contributed by atoms with Crippen LogP contribution in [0.15, 0.2) is 6.07 Å². The number of hydrogen-bond acceptors (Lipinski definition) is 5. The van der Waals surface area contributed by atoms with Gasteiger partial charge >= 0.3 is 0 Å². The van der Waals surface area contributed by atoms with E-state index < -0.39 is 0 Å². The van der Waals surface area contributed by atoms with Crippen LogP contribution in [-0.4, -0.2) is 16.2 Å². The number of nitrogens with two attached hydrogens (primary N) is 1. The molecule has 0 unspecified atom stereocenters. The first-order chi connectivity index (χ1) is 6.70. The molecule has 0 fully saturated rings. The minimum Gasteiger partial charge on any atom is -0.383 e. The summed E-state index contributed by atoms with van der Waals surface area (Å²) in [7, 11) is 0. The SMILES string of the molecule is CSCc1nc(N)c2cc(C)sc2n1. The van der Waals surface area contributed by atoms with E-state index in [4.69, 9.17) is 5.73 Å². The van der Waals surface area contributed by atoms with Crippen molar-refractivity contribution in [3.63, 3.8) is 0 Å². The van der Waals surface area contributed by atoms with Gasteiger partial charge in [-0.15, -0.1) is 11.3 Å². The van der Waals surface area contributed by atoms with Crippen molar-refractivity contribution in [2.24, 2.45) is 0 Å². The Bertz CT molecular complexity index is 464. The lowest BCUT2D eigenvalue weighted by atomic mass is 10.3. The molecule has 0 amide bonds. The van der Waals surface area contributed by atoms with Gasteiger partial charge in [-0.1, -0.05) is 0 Å².